The third-order valence-corrected chi connectivity index (χ3v) is 1.67. The summed E-state index contributed by atoms with van der Waals surface area (Å²) in [5.74, 6) is -1.32. The van der Waals surface area contributed by atoms with Gasteiger partial charge in [-0.1, -0.05) is 23.7 Å². The monoisotopic (exact) mass is 170 g/mol. The van der Waals surface area contributed by atoms with Gasteiger partial charge in [-0.25, -0.2) is 0 Å². The molecule has 0 aromatic heterocycles. The summed E-state index contributed by atoms with van der Waals surface area (Å²) in [5, 5.41) is 10.4. The number of hydrogen-bond donors (Lipinski definition) is 1. The van der Waals surface area contributed by atoms with Gasteiger partial charge in [-0.05, 0) is 6.07 Å². The van der Waals surface area contributed by atoms with E-state index in [0.29, 0.717) is 0 Å². The number of hydrogen-bond acceptors (Lipinski definition) is 3. The lowest BCUT2D eigenvalue weighted by Gasteiger charge is -2.05. The molecule has 3 nitrogen and oxygen atoms in total. The summed E-state index contributed by atoms with van der Waals surface area (Å²) in [7, 11) is 0. The Morgan fingerprint density at radius 1 is 1.55 bits per heavy atom. The van der Waals surface area contributed by atoms with Gasteiger partial charge in [0.1, 0.15) is 0 Å². The molecular weight excluding hydrogens is 166 g/mol. The van der Waals surface area contributed by atoms with E-state index >= 15 is 0 Å². The standard InChI is InChI=1S/C7H6ClNO2/c8-6-4(7(10)11)2-1-3-5(6)9/h1-3H,9H2,(H,10,11)/p-1. The maximum atomic E-state index is 10.3. The molecule has 4 heteroatoms. The molecule has 58 valence electrons. The second kappa shape index (κ2) is 2.80. The minimum absolute atomic E-state index is 0.0347. The summed E-state index contributed by atoms with van der Waals surface area (Å²) < 4.78 is 0. The van der Waals surface area contributed by atoms with Crippen LogP contribution in [0.5, 0.6) is 0 Å². The quantitative estimate of drug-likeness (QED) is 0.616. The largest absolute Gasteiger partial charge is 0.545 e. The summed E-state index contributed by atoms with van der Waals surface area (Å²) >= 11 is 5.54. The lowest BCUT2D eigenvalue weighted by molar-refractivity contribution is -0.255. The molecule has 0 radical (unpaired) electrons. The van der Waals surface area contributed by atoms with E-state index in [0.717, 1.165) is 0 Å². The van der Waals surface area contributed by atoms with Crippen LogP contribution in [0.2, 0.25) is 5.02 Å². The van der Waals surface area contributed by atoms with E-state index in [4.69, 9.17) is 17.3 Å². The topological polar surface area (TPSA) is 66.2 Å². The first kappa shape index (κ1) is 7.88. The van der Waals surface area contributed by atoms with Gasteiger partial charge in [-0.3, -0.25) is 0 Å². The Kier molecular flexibility index (Phi) is 2.01. The number of benzene rings is 1. The van der Waals surface area contributed by atoms with E-state index in [-0.39, 0.29) is 16.3 Å². The van der Waals surface area contributed by atoms with Crippen molar-refractivity contribution in [3.05, 3.63) is 28.8 Å². The Morgan fingerprint density at radius 3 is 2.64 bits per heavy atom. The van der Waals surface area contributed by atoms with E-state index in [1.165, 1.54) is 18.2 Å². The highest BCUT2D eigenvalue weighted by molar-refractivity contribution is 6.35. The lowest BCUT2D eigenvalue weighted by atomic mass is 10.2. The first-order valence-electron chi connectivity index (χ1n) is 2.88. The van der Waals surface area contributed by atoms with Gasteiger partial charge in [0.25, 0.3) is 0 Å². The summed E-state index contributed by atoms with van der Waals surface area (Å²) in [4.78, 5) is 10.3. The van der Waals surface area contributed by atoms with Crippen LogP contribution < -0.4 is 10.8 Å². The molecule has 0 heterocycles. The highest BCUT2D eigenvalue weighted by Gasteiger charge is 2.02. The van der Waals surface area contributed by atoms with Crippen LogP contribution in [0.3, 0.4) is 0 Å². The molecule has 0 spiro atoms. The number of carbonyl (C=O) groups excluding carboxylic acids is 1. The van der Waals surface area contributed by atoms with Crippen molar-refractivity contribution in [2.75, 3.05) is 5.73 Å². The summed E-state index contributed by atoms with van der Waals surface area (Å²) in [6.07, 6.45) is 0. The molecule has 0 aliphatic carbocycles. The van der Waals surface area contributed by atoms with Gasteiger partial charge in [-0.15, -0.1) is 0 Å². The highest BCUT2D eigenvalue weighted by atomic mass is 35.5. The molecule has 2 N–H and O–H groups in total. The number of carboxylic acid groups (broad SMARTS) is 1. The number of carbonyl (C=O) groups is 1. The molecular formula is C7H5ClNO2-. The Morgan fingerprint density at radius 2 is 2.18 bits per heavy atom. The van der Waals surface area contributed by atoms with Crippen LogP contribution in [-0.2, 0) is 0 Å². The van der Waals surface area contributed by atoms with E-state index in [1.807, 2.05) is 0 Å². The molecule has 0 amide bonds. The lowest BCUT2D eigenvalue weighted by Crippen LogP contribution is -2.22. The summed E-state index contributed by atoms with van der Waals surface area (Å²) in [6.45, 7) is 0. The summed E-state index contributed by atoms with van der Waals surface area (Å²) in [6, 6.07) is 4.37. The molecule has 11 heavy (non-hydrogen) atoms. The summed E-state index contributed by atoms with van der Waals surface area (Å²) in [5.41, 5.74) is 5.50. The molecule has 0 fully saturated rings. The van der Waals surface area contributed by atoms with Gasteiger partial charge in [0.15, 0.2) is 0 Å². The highest BCUT2D eigenvalue weighted by Crippen LogP contribution is 2.21. The van der Waals surface area contributed by atoms with Crippen molar-refractivity contribution in [3.8, 4) is 0 Å². The van der Waals surface area contributed by atoms with Crippen molar-refractivity contribution in [3.63, 3.8) is 0 Å². The normalized spacial score (nSPS) is 9.55. The number of nitrogen functional groups attached to an aromatic ring is 1. The van der Waals surface area contributed by atoms with Crippen LogP contribution in [0.25, 0.3) is 0 Å². The van der Waals surface area contributed by atoms with Gasteiger partial charge >= 0.3 is 0 Å². The molecule has 1 rings (SSSR count). The Balaban J connectivity index is 3.27. The second-order valence-corrected chi connectivity index (χ2v) is 2.37. The zero-order valence-corrected chi connectivity index (χ0v) is 6.26. The first-order valence-corrected chi connectivity index (χ1v) is 3.26. The van der Waals surface area contributed by atoms with Crippen molar-refractivity contribution in [2.24, 2.45) is 0 Å². The van der Waals surface area contributed by atoms with E-state index in [9.17, 15) is 9.90 Å². The van der Waals surface area contributed by atoms with Crippen LogP contribution >= 0.6 is 11.6 Å². The predicted molar refractivity (Wildman–Crippen MR) is 40.2 cm³/mol. The molecule has 0 bridgehead atoms. The number of carboxylic acids is 1. The van der Waals surface area contributed by atoms with Gasteiger partial charge in [0, 0.05) is 5.56 Å². The third-order valence-electron chi connectivity index (χ3n) is 1.25. The number of nitrogens with two attached hydrogens (primary N) is 1. The number of aromatic carboxylic acids is 1. The number of anilines is 1. The minimum atomic E-state index is -1.32. The maximum Gasteiger partial charge on any atom is 0.0731 e. The van der Waals surface area contributed by atoms with Crippen LogP contribution in [0.15, 0.2) is 18.2 Å². The SMILES string of the molecule is Nc1cccc(C(=O)[O-])c1Cl. The average molecular weight is 171 g/mol. The van der Waals surface area contributed by atoms with E-state index in [1.54, 1.807) is 0 Å². The van der Waals surface area contributed by atoms with Crippen LogP contribution in [0.1, 0.15) is 10.4 Å². The van der Waals surface area contributed by atoms with Crippen LogP contribution in [0, 0.1) is 0 Å². The van der Waals surface area contributed by atoms with E-state index < -0.39 is 5.97 Å². The van der Waals surface area contributed by atoms with Crippen molar-refractivity contribution in [1.29, 1.82) is 0 Å². The average Bonchev–Trinajstić information content (AvgIpc) is 1.94. The smallest absolute Gasteiger partial charge is 0.0731 e. The predicted octanol–water partition coefficient (Wildman–Crippen LogP) is 0.286. The Hall–Kier alpha value is -1.22. The fourth-order valence-corrected chi connectivity index (χ4v) is 0.911. The van der Waals surface area contributed by atoms with Crippen molar-refractivity contribution < 1.29 is 9.90 Å². The second-order valence-electron chi connectivity index (χ2n) is 2.00. The number of halogens is 1. The fraction of sp³-hybridized carbons (Fsp3) is 0. The molecule has 0 unspecified atom stereocenters. The van der Waals surface area contributed by atoms with Crippen LogP contribution in [0.4, 0.5) is 5.69 Å². The maximum absolute atomic E-state index is 10.3. The molecule has 0 saturated heterocycles. The first-order chi connectivity index (χ1) is 5.13. The molecule has 0 saturated carbocycles. The molecule has 0 aliphatic rings. The van der Waals surface area contributed by atoms with Gasteiger partial charge in [0.2, 0.25) is 0 Å². The van der Waals surface area contributed by atoms with Gasteiger partial charge < -0.3 is 15.6 Å². The van der Waals surface area contributed by atoms with Crippen molar-refractivity contribution in [2.45, 2.75) is 0 Å². The Bertz CT molecular complexity index is 298. The molecule has 0 aliphatic heterocycles. The van der Waals surface area contributed by atoms with E-state index in [2.05, 4.69) is 0 Å². The van der Waals surface area contributed by atoms with Crippen LogP contribution in [-0.4, -0.2) is 5.97 Å². The Labute approximate surface area is 68.4 Å². The number of rotatable bonds is 1. The zero-order chi connectivity index (χ0) is 8.43. The van der Waals surface area contributed by atoms with Gasteiger partial charge in [-0.2, -0.15) is 0 Å². The van der Waals surface area contributed by atoms with Gasteiger partial charge in [0.05, 0.1) is 16.7 Å². The molecule has 1 aromatic carbocycles. The zero-order valence-electron chi connectivity index (χ0n) is 5.50. The molecule has 0 atom stereocenters. The minimum Gasteiger partial charge on any atom is -0.545 e. The fourth-order valence-electron chi connectivity index (χ4n) is 0.707. The molecule has 1 aromatic rings. The van der Waals surface area contributed by atoms with Crippen molar-refractivity contribution in [1.82, 2.24) is 0 Å². The third kappa shape index (κ3) is 1.43. The van der Waals surface area contributed by atoms with Crippen molar-refractivity contribution >= 4 is 23.3 Å².